The third-order valence-corrected chi connectivity index (χ3v) is 11.2. The van der Waals surface area contributed by atoms with E-state index in [0.717, 1.165) is 93.4 Å². The van der Waals surface area contributed by atoms with Crippen LogP contribution in [0, 0.1) is 0 Å². The summed E-state index contributed by atoms with van der Waals surface area (Å²) in [7, 11) is 0. The van der Waals surface area contributed by atoms with Crippen molar-refractivity contribution in [2.75, 3.05) is 0 Å². The highest BCUT2D eigenvalue weighted by Crippen LogP contribution is 2.38. The first-order chi connectivity index (χ1) is 28.2. The molecule has 0 saturated carbocycles. The summed E-state index contributed by atoms with van der Waals surface area (Å²) in [6, 6.07) is 65.7. The molecule has 12 aromatic rings. The Morgan fingerprint density at radius 3 is 1.33 bits per heavy atom. The van der Waals surface area contributed by atoms with E-state index in [1.54, 1.807) is 0 Å². The van der Waals surface area contributed by atoms with E-state index in [2.05, 4.69) is 179 Å². The number of para-hydroxylation sites is 3. The van der Waals surface area contributed by atoms with Crippen LogP contribution < -0.4 is 0 Å². The number of nitrogens with zero attached hydrogens (tertiary/aromatic N) is 5. The maximum atomic E-state index is 6.38. The molecule has 57 heavy (non-hydrogen) atoms. The molecule has 0 aliphatic rings. The highest BCUT2D eigenvalue weighted by molar-refractivity contribution is 6.12. The van der Waals surface area contributed by atoms with Crippen LogP contribution in [0.15, 0.2) is 192 Å². The Hall–Kier alpha value is -7.83. The quantitative estimate of drug-likeness (QED) is 0.177. The van der Waals surface area contributed by atoms with E-state index >= 15 is 0 Å². The van der Waals surface area contributed by atoms with E-state index in [4.69, 9.17) is 19.4 Å². The molecular formula is C51H31N5O. The van der Waals surface area contributed by atoms with Crippen LogP contribution in [-0.2, 0) is 0 Å². The Bertz CT molecular complexity index is 3370. The molecule has 12 rings (SSSR count). The molecule has 4 heterocycles. The van der Waals surface area contributed by atoms with Crippen molar-refractivity contribution in [3.63, 3.8) is 0 Å². The van der Waals surface area contributed by atoms with Crippen molar-refractivity contribution in [1.82, 2.24) is 24.1 Å². The van der Waals surface area contributed by atoms with E-state index in [1.807, 2.05) is 18.2 Å². The second kappa shape index (κ2) is 12.3. The van der Waals surface area contributed by atoms with E-state index in [0.29, 0.717) is 17.7 Å². The molecule has 0 atom stereocenters. The molecule has 0 amide bonds. The zero-order valence-corrected chi connectivity index (χ0v) is 30.5. The predicted octanol–water partition coefficient (Wildman–Crippen LogP) is 13.0. The van der Waals surface area contributed by atoms with Gasteiger partial charge in [-0.2, -0.15) is 15.0 Å². The number of furan rings is 1. The Labute approximate surface area is 326 Å². The summed E-state index contributed by atoms with van der Waals surface area (Å²) in [4.78, 5) is 16.1. The molecule has 8 aromatic carbocycles. The van der Waals surface area contributed by atoms with Crippen LogP contribution in [0.2, 0.25) is 0 Å². The highest BCUT2D eigenvalue weighted by atomic mass is 16.3. The minimum atomic E-state index is 0.525. The minimum Gasteiger partial charge on any atom is -0.456 e. The topological polar surface area (TPSA) is 61.7 Å². The standard InChI is InChI=1S/C51H31N5O/c1-3-13-32(14-4-1)34-23-26-39-40-27-24-35(33-15-5-2-6-16-33)30-46(40)56(45(39)29-34)51-53-49(36-25-28-42-41-19-9-12-22-47(41)57-48(42)31-36)52-50(54-51)55-43-20-10-7-17-37(43)38-18-8-11-21-44(38)55/h1-31H. The lowest BCUT2D eigenvalue weighted by Gasteiger charge is -2.13. The van der Waals surface area contributed by atoms with Gasteiger partial charge in [-0.05, 0) is 64.7 Å². The number of hydrogen-bond donors (Lipinski definition) is 0. The SMILES string of the molecule is c1ccc(-c2ccc3c4ccc(-c5ccccc5)cc4n(-c4nc(-c5ccc6c(c5)oc5ccccc56)nc(-n5c6ccccc6c6ccccc65)n4)c3c2)cc1. The molecule has 266 valence electrons. The van der Waals surface area contributed by atoms with Crippen molar-refractivity contribution < 1.29 is 4.42 Å². The van der Waals surface area contributed by atoms with E-state index in [-0.39, 0.29) is 0 Å². The van der Waals surface area contributed by atoms with Crippen LogP contribution in [-0.4, -0.2) is 24.1 Å². The predicted molar refractivity (Wildman–Crippen MR) is 232 cm³/mol. The molecule has 0 saturated heterocycles. The summed E-state index contributed by atoms with van der Waals surface area (Å²) in [6.45, 7) is 0. The second-order valence-corrected chi connectivity index (χ2v) is 14.5. The molecule has 0 bridgehead atoms. The van der Waals surface area contributed by atoms with Crippen LogP contribution in [0.25, 0.3) is 111 Å². The zero-order chi connectivity index (χ0) is 37.5. The van der Waals surface area contributed by atoms with Crippen molar-refractivity contribution in [2.45, 2.75) is 0 Å². The van der Waals surface area contributed by atoms with Crippen LogP contribution in [0.1, 0.15) is 0 Å². The Morgan fingerprint density at radius 2 is 0.737 bits per heavy atom. The first-order valence-corrected chi connectivity index (χ1v) is 19.1. The summed E-state index contributed by atoms with van der Waals surface area (Å²) >= 11 is 0. The first kappa shape index (κ1) is 31.5. The summed E-state index contributed by atoms with van der Waals surface area (Å²) in [5.74, 6) is 1.61. The van der Waals surface area contributed by atoms with Gasteiger partial charge in [0.05, 0.1) is 22.1 Å². The van der Waals surface area contributed by atoms with Crippen molar-refractivity contribution in [2.24, 2.45) is 0 Å². The molecule has 0 aliphatic heterocycles. The maximum Gasteiger partial charge on any atom is 0.240 e. The maximum absolute atomic E-state index is 6.38. The van der Waals surface area contributed by atoms with E-state index in [1.165, 1.54) is 0 Å². The van der Waals surface area contributed by atoms with Gasteiger partial charge in [0.25, 0.3) is 0 Å². The second-order valence-electron chi connectivity index (χ2n) is 14.5. The number of rotatable bonds is 5. The molecule has 0 radical (unpaired) electrons. The van der Waals surface area contributed by atoms with Gasteiger partial charge in [-0.15, -0.1) is 0 Å². The van der Waals surface area contributed by atoms with Crippen molar-refractivity contribution in [3.05, 3.63) is 188 Å². The zero-order valence-electron chi connectivity index (χ0n) is 30.5. The van der Waals surface area contributed by atoms with Gasteiger partial charge in [-0.25, -0.2) is 0 Å². The summed E-state index contributed by atoms with van der Waals surface area (Å²) in [5.41, 5.74) is 11.0. The van der Waals surface area contributed by atoms with Crippen LogP contribution in [0.5, 0.6) is 0 Å². The number of hydrogen-bond acceptors (Lipinski definition) is 4. The summed E-state index contributed by atoms with van der Waals surface area (Å²) < 4.78 is 10.8. The smallest absolute Gasteiger partial charge is 0.240 e. The fourth-order valence-electron chi connectivity index (χ4n) is 8.54. The number of benzene rings is 8. The van der Waals surface area contributed by atoms with Gasteiger partial charge >= 0.3 is 0 Å². The molecule has 0 spiro atoms. The van der Waals surface area contributed by atoms with E-state index < -0.39 is 0 Å². The molecule has 0 N–H and O–H groups in total. The fraction of sp³-hybridized carbons (Fsp3) is 0. The van der Waals surface area contributed by atoms with Gasteiger partial charge in [0.15, 0.2) is 5.82 Å². The van der Waals surface area contributed by atoms with Gasteiger partial charge in [-0.1, -0.05) is 146 Å². The third-order valence-electron chi connectivity index (χ3n) is 11.2. The lowest BCUT2D eigenvalue weighted by atomic mass is 10.0. The van der Waals surface area contributed by atoms with Crippen LogP contribution >= 0.6 is 0 Å². The molecule has 0 unspecified atom stereocenters. The third kappa shape index (κ3) is 4.94. The van der Waals surface area contributed by atoms with Gasteiger partial charge in [0, 0.05) is 37.9 Å². The normalized spacial score (nSPS) is 11.9. The van der Waals surface area contributed by atoms with Gasteiger partial charge in [0.1, 0.15) is 11.2 Å². The lowest BCUT2D eigenvalue weighted by molar-refractivity contribution is 0.669. The summed E-state index contributed by atoms with van der Waals surface area (Å²) in [6.07, 6.45) is 0. The molecule has 0 aliphatic carbocycles. The molecule has 6 nitrogen and oxygen atoms in total. The molecule has 0 fully saturated rings. The molecule has 4 aromatic heterocycles. The van der Waals surface area contributed by atoms with Crippen molar-refractivity contribution >= 4 is 65.6 Å². The van der Waals surface area contributed by atoms with Gasteiger partial charge in [-0.3, -0.25) is 9.13 Å². The number of fused-ring (bicyclic) bond motifs is 9. The van der Waals surface area contributed by atoms with Gasteiger partial charge < -0.3 is 4.42 Å². The fourth-order valence-corrected chi connectivity index (χ4v) is 8.54. The van der Waals surface area contributed by atoms with Gasteiger partial charge in [0.2, 0.25) is 11.9 Å². The minimum absolute atomic E-state index is 0.525. The number of aromatic nitrogens is 5. The lowest BCUT2D eigenvalue weighted by Crippen LogP contribution is -2.10. The van der Waals surface area contributed by atoms with Crippen LogP contribution in [0.4, 0.5) is 0 Å². The van der Waals surface area contributed by atoms with E-state index in [9.17, 15) is 0 Å². The van der Waals surface area contributed by atoms with Crippen molar-refractivity contribution in [3.8, 4) is 45.5 Å². The highest BCUT2D eigenvalue weighted by Gasteiger charge is 2.22. The monoisotopic (exact) mass is 729 g/mol. The molecule has 6 heteroatoms. The largest absolute Gasteiger partial charge is 0.456 e. The average molecular weight is 730 g/mol. The molecular weight excluding hydrogens is 699 g/mol. The van der Waals surface area contributed by atoms with Crippen LogP contribution in [0.3, 0.4) is 0 Å². The Kier molecular flexibility index (Phi) is 6.83. The Morgan fingerprint density at radius 1 is 0.298 bits per heavy atom. The first-order valence-electron chi connectivity index (χ1n) is 19.1. The average Bonchev–Trinajstić information content (AvgIpc) is 3.93. The Balaban J connectivity index is 1.19. The van der Waals surface area contributed by atoms with Crippen molar-refractivity contribution in [1.29, 1.82) is 0 Å². The summed E-state index contributed by atoms with van der Waals surface area (Å²) in [5, 5.41) is 6.64.